The van der Waals surface area contributed by atoms with Gasteiger partial charge in [0.25, 0.3) is 0 Å². The highest BCUT2D eigenvalue weighted by molar-refractivity contribution is 4.64. The number of hydrogen-bond donors (Lipinski definition) is 1. The Kier molecular flexibility index (Phi) is 6.15. The average molecular weight is 199 g/mol. The van der Waals surface area contributed by atoms with Crippen LogP contribution in [0.5, 0.6) is 0 Å². The molecular weight excluding hydrogens is 174 g/mol. The fourth-order valence-corrected chi connectivity index (χ4v) is 2.08. The van der Waals surface area contributed by atoms with E-state index in [2.05, 4.69) is 11.8 Å². The quantitative estimate of drug-likeness (QED) is 0.519. The van der Waals surface area contributed by atoms with Crippen LogP contribution in [0.4, 0.5) is 0 Å². The Labute approximate surface area is 88.2 Å². The van der Waals surface area contributed by atoms with E-state index in [-0.39, 0.29) is 0 Å². The summed E-state index contributed by atoms with van der Waals surface area (Å²) in [6.45, 7) is 8.09. The van der Waals surface area contributed by atoms with Gasteiger partial charge in [-0.3, -0.25) is 5.84 Å². The Morgan fingerprint density at radius 2 is 1.86 bits per heavy atom. The molecule has 0 radical (unpaired) electrons. The molecule has 84 valence electrons. The maximum atomic E-state index is 5.81. The lowest BCUT2D eigenvalue weighted by molar-refractivity contribution is 0.203. The summed E-state index contributed by atoms with van der Waals surface area (Å²) in [4.78, 5) is 2.57. The zero-order valence-electron chi connectivity index (χ0n) is 9.54. The van der Waals surface area contributed by atoms with Gasteiger partial charge in [-0.25, -0.2) is 5.01 Å². The third-order valence-corrected chi connectivity index (χ3v) is 2.88. The highest BCUT2D eigenvalue weighted by Crippen LogP contribution is 2.08. The Bertz CT molecular complexity index is 132. The lowest BCUT2D eigenvalue weighted by Crippen LogP contribution is -2.36. The van der Waals surface area contributed by atoms with Crippen LogP contribution in [0.15, 0.2) is 0 Å². The zero-order chi connectivity index (χ0) is 10.2. The summed E-state index contributed by atoms with van der Waals surface area (Å²) >= 11 is 0. The Hall–Kier alpha value is -0.120. The van der Waals surface area contributed by atoms with E-state index in [4.69, 9.17) is 5.84 Å². The maximum absolute atomic E-state index is 5.81. The standard InChI is InChI=1S/C11H25N3/c1-2-7-14(12)11-6-10-13-8-4-3-5-9-13/h2-12H2,1H3. The molecule has 1 fully saturated rings. The lowest BCUT2D eigenvalue weighted by Gasteiger charge is -2.27. The van der Waals surface area contributed by atoms with Crippen LogP contribution in [0.25, 0.3) is 0 Å². The van der Waals surface area contributed by atoms with Crippen LogP contribution in [-0.2, 0) is 0 Å². The molecule has 14 heavy (non-hydrogen) atoms. The van der Waals surface area contributed by atoms with Gasteiger partial charge >= 0.3 is 0 Å². The van der Waals surface area contributed by atoms with Crippen molar-refractivity contribution in [3.63, 3.8) is 0 Å². The first-order valence-corrected chi connectivity index (χ1v) is 6.05. The molecule has 0 unspecified atom stereocenters. The van der Waals surface area contributed by atoms with Gasteiger partial charge in [0, 0.05) is 13.1 Å². The first kappa shape index (κ1) is 12.0. The van der Waals surface area contributed by atoms with Crippen LogP contribution in [-0.4, -0.2) is 42.6 Å². The third kappa shape index (κ3) is 4.94. The van der Waals surface area contributed by atoms with Gasteiger partial charge in [-0.15, -0.1) is 0 Å². The van der Waals surface area contributed by atoms with Gasteiger partial charge in [0.2, 0.25) is 0 Å². The van der Waals surface area contributed by atoms with Crippen molar-refractivity contribution in [3.8, 4) is 0 Å². The molecule has 0 aromatic rings. The van der Waals surface area contributed by atoms with Crippen molar-refractivity contribution in [2.75, 3.05) is 32.7 Å². The predicted octanol–water partition coefficient (Wildman–Crippen LogP) is 1.45. The van der Waals surface area contributed by atoms with E-state index < -0.39 is 0 Å². The molecule has 0 spiro atoms. The lowest BCUT2D eigenvalue weighted by atomic mass is 10.1. The van der Waals surface area contributed by atoms with Crippen LogP contribution in [0.2, 0.25) is 0 Å². The summed E-state index contributed by atoms with van der Waals surface area (Å²) in [5, 5.41) is 1.95. The highest BCUT2D eigenvalue weighted by Gasteiger charge is 2.09. The Morgan fingerprint density at radius 1 is 1.14 bits per heavy atom. The van der Waals surface area contributed by atoms with Crippen LogP contribution in [0, 0.1) is 0 Å². The van der Waals surface area contributed by atoms with Gasteiger partial charge in [0.1, 0.15) is 0 Å². The minimum atomic E-state index is 1.03. The fourth-order valence-electron chi connectivity index (χ4n) is 2.08. The number of likely N-dealkylation sites (tertiary alicyclic amines) is 1. The molecule has 0 amide bonds. The van der Waals surface area contributed by atoms with Crippen LogP contribution >= 0.6 is 0 Å². The van der Waals surface area contributed by atoms with Crippen LogP contribution in [0.3, 0.4) is 0 Å². The molecular formula is C11H25N3. The molecule has 1 aliphatic heterocycles. The molecule has 3 heteroatoms. The molecule has 0 atom stereocenters. The topological polar surface area (TPSA) is 32.5 Å². The van der Waals surface area contributed by atoms with Crippen molar-refractivity contribution in [1.29, 1.82) is 0 Å². The summed E-state index contributed by atoms with van der Waals surface area (Å²) < 4.78 is 0. The smallest absolute Gasteiger partial charge is 0.0140 e. The largest absolute Gasteiger partial charge is 0.303 e. The minimum Gasteiger partial charge on any atom is -0.303 e. The predicted molar refractivity (Wildman–Crippen MR) is 61.0 cm³/mol. The van der Waals surface area contributed by atoms with Gasteiger partial charge in [-0.1, -0.05) is 13.3 Å². The molecule has 0 saturated carbocycles. The number of nitrogens with zero attached hydrogens (tertiary/aromatic N) is 2. The first-order chi connectivity index (χ1) is 6.83. The maximum Gasteiger partial charge on any atom is 0.0140 e. The molecule has 1 saturated heterocycles. The molecule has 1 heterocycles. The van der Waals surface area contributed by atoms with Gasteiger partial charge in [0.15, 0.2) is 0 Å². The first-order valence-electron chi connectivity index (χ1n) is 6.05. The van der Waals surface area contributed by atoms with Gasteiger partial charge in [0.05, 0.1) is 0 Å². The molecule has 3 nitrogen and oxygen atoms in total. The minimum absolute atomic E-state index is 1.03. The second-order valence-corrected chi connectivity index (χ2v) is 4.29. The van der Waals surface area contributed by atoms with Crippen molar-refractivity contribution in [3.05, 3.63) is 0 Å². The molecule has 0 aromatic carbocycles. The number of hydrogen-bond acceptors (Lipinski definition) is 3. The fraction of sp³-hybridized carbons (Fsp3) is 1.00. The average Bonchev–Trinajstić information content (AvgIpc) is 2.20. The van der Waals surface area contributed by atoms with E-state index in [0.717, 1.165) is 19.5 Å². The molecule has 0 bridgehead atoms. The van der Waals surface area contributed by atoms with E-state index >= 15 is 0 Å². The van der Waals surface area contributed by atoms with Gasteiger partial charge in [-0.05, 0) is 45.3 Å². The molecule has 1 aliphatic rings. The van der Waals surface area contributed by atoms with Crippen molar-refractivity contribution in [1.82, 2.24) is 9.91 Å². The summed E-state index contributed by atoms with van der Waals surface area (Å²) in [6, 6.07) is 0. The SMILES string of the molecule is CCCN(N)CCCN1CCCCC1. The second-order valence-electron chi connectivity index (χ2n) is 4.29. The molecule has 1 rings (SSSR count). The van der Waals surface area contributed by atoms with Gasteiger partial charge in [-0.2, -0.15) is 0 Å². The number of piperidine rings is 1. The van der Waals surface area contributed by atoms with Gasteiger partial charge < -0.3 is 4.90 Å². The highest BCUT2D eigenvalue weighted by atomic mass is 15.4. The Balaban J connectivity index is 1.96. The van der Waals surface area contributed by atoms with Crippen LogP contribution < -0.4 is 5.84 Å². The molecule has 0 aliphatic carbocycles. The van der Waals surface area contributed by atoms with E-state index in [1.165, 1.54) is 45.3 Å². The van der Waals surface area contributed by atoms with E-state index in [1.54, 1.807) is 0 Å². The molecule has 2 N–H and O–H groups in total. The summed E-state index contributed by atoms with van der Waals surface area (Å²) in [6.07, 6.45) is 6.58. The summed E-state index contributed by atoms with van der Waals surface area (Å²) in [5.41, 5.74) is 0. The number of nitrogens with two attached hydrogens (primary N) is 1. The van der Waals surface area contributed by atoms with E-state index in [9.17, 15) is 0 Å². The summed E-state index contributed by atoms with van der Waals surface area (Å²) in [5.74, 6) is 5.81. The Morgan fingerprint density at radius 3 is 2.50 bits per heavy atom. The second kappa shape index (κ2) is 7.21. The van der Waals surface area contributed by atoms with Crippen molar-refractivity contribution in [2.45, 2.75) is 39.0 Å². The monoisotopic (exact) mass is 199 g/mol. The van der Waals surface area contributed by atoms with Crippen molar-refractivity contribution >= 4 is 0 Å². The number of rotatable bonds is 6. The molecule has 0 aromatic heterocycles. The van der Waals surface area contributed by atoms with Crippen molar-refractivity contribution < 1.29 is 0 Å². The van der Waals surface area contributed by atoms with E-state index in [0.29, 0.717) is 0 Å². The van der Waals surface area contributed by atoms with Crippen LogP contribution in [0.1, 0.15) is 39.0 Å². The van der Waals surface area contributed by atoms with Crippen molar-refractivity contribution in [2.24, 2.45) is 5.84 Å². The zero-order valence-corrected chi connectivity index (χ0v) is 9.54. The normalized spacial score (nSPS) is 19.1. The summed E-state index contributed by atoms with van der Waals surface area (Å²) in [7, 11) is 0. The van der Waals surface area contributed by atoms with E-state index in [1.807, 2.05) is 5.01 Å². The third-order valence-electron chi connectivity index (χ3n) is 2.88. The number of hydrazine groups is 1.